The van der Waals surface area contributed by atoms with Crippen LogP contribution in [0.2, 0.25) is 5.15 Å². The fraction of sp³-hybridized carbons (Fsp3) is 0.636. The largest absolute Gasteiger partial charge is 0.374 e. The van der Waals surface area contributed by atoms with Gasteiger partial charge in [-0.15, -0.1) is 0 Å². The second-order valence-corrected chi connectivity index (χ2v) is 6.84. The lowest BCUT2D eigenvalue weighted by molar-refractivity contribution is 0.128. The van der Waals surface area contributed by atoms with E-state index in [9.17, 15) is 8.42 Å². The molecule has 1 aromatic rings. The first kappa shape index (κ1) is 17.1. The number of hydrogen-bond donors (Lipinski definition) is 1. The molecule has 114 valence electrons. The van der Waals surface area contributed by atoms with Crippen LogP contribution in [0.5, 0.6) is 0 Å². The van der Waals surface area contributed by atoms with Crippen molar-refractivity contribution >= 4 is 27.4 Å². The molecule has 1 N–H and O–H groups in total. The number of nitrogens with one attached hydrogen (secondary N) is 1. The molecule has 0 radical (unpaired) electrons. The molecule has 0 aliphatic rings. The van der Waals surface area contributed by atoms with Crippen LogP contribution in [0.25, 0.3) is 0 Å². The summed E-state index contributed by atoms with van der Waals surface area (Å²) in [5.41, 5.74) is 0. The minimum absolute atomic E-state index is 0.0254. The summed E-state index contributed by atoms with van der Waals surface area (Å²) >= 11 is 5.88. The second kappa shape index (κ2) is 7.72. The summed E-state index contributed by atoms with van der Waals surface area (Å²) in [5.74, 6) is 0.911. The standard InChI is InChI=1S/C11H19ClN4O3S/c1-4-19-8-11-14-9(12)7-10(15-11)13-5-6-20(17,18)16(2)3/h7H,4-6,8H2,1-3H3,(H,13,14,15). The zero-order valence-electron chi connectivity index (χ0n) is 11.8. The van der Waals surface area contributed by atoms with Gasteiger partial charge >= 0.3 is 0 Å². The van der Waals surface area contributed by atoms with Crippen LogP contribution in [0.3, 0.4) is 0 Å². The van der Waals surface area contributed by atoms with Crippen LogP contribution in [0.15, 0.2) is 6.07 Å². The molecule has 0 unspecified atom stereocenters. The first-order valence-corrected chi connectivity index (χ1v) is 8.09. The quantitative estimate of drug-likeness (QED) is 0.718. The smallest absolute Gasteiger partial charge is 0.215 e. The maximum atomic E-state index is 11.6. The summed E-state index contributed by atoms with van der Waals surface area (Å²) in [6, 6.07) is 1.54. The van der Waals surface area contributed by atoms with E-state index in [0.717, 1.165) is 0 Å². The predicted molar refractivity (Wildman–Crippen MR) is 78.3 cm³/mol. The Labute approximate surface area is 124 Å². The van der Waals surface area contributed by atoms with Crippen molar-refractivity contribution in [2.24, 2.45) is 0 Å². The molecule has 0 atom stereocenters. The molecule has 1 heterocycles. The van der Waals surface area contributed by atoms with Gasteiger partial charge in [-0.2, -0.15) is 0 Å². The van der Waals surface area contributed by atoms with E-state index in [4.69, 9.17) is 16.3 Å². The molecule has 1 rings (SSSR count). The zero-order chi connectivity index (χ0) is 15.2. The highest BCUT2D eigenvalue weighted by atomic mass is 35.5. The monoisotopic (exact) mass is 322 g/mol. The zero-order valence-corrected chi connectivity index (χ0v) is 13.3. The van der Waals surface area contributed by atoms with Crippen molar-refractivity contribution in [3.63, 3.8) is 0 Å². The molecule has 9 heteroatoms. The summed E-state index contributed by atoms with van der Waals surface area (Å²) in [6.07, 6.45) is 0. The van der Waals surface area contributed by atoms with Gasteiger partial charge in [-0.25, -0.2) is 22.7 Å². The van der Waals surface area contributed by atoms with Gasteiger partial charge in [-0.05, 0) is 6.92 Å². The third-order valence-electron chi connectivity index (χ3n) is 2.40. The van der Waals surface area contributed by atoms with E-state index in [1.807, 2.05) is 6.92 Å². The molecule has 0 aromatic carbocycles. The Kier molecular flexibility index (Phi) is 6.60. The summed E-state index contributed by atoms with van der Waals surface area (Å²) < 4.78 is 29.6. The van der Waals surface area contributed by atoms with Gasteiger partial charge in [-0.1, -0.05) is 11.6 Å². The summed E-state index contributed by atoms with van der Waals surface area (Å²) in [4.78, 5) is 8.21. The van der Waals surface area contributed by atoms with Crippen molar-refractivity contribution in [1.82, 2.24) is 14.3 Å². The summed E-state index contributed by atoms with van der Waals surface area (Å²) in [7, 11) is -0.239. The van der Waals surface area contributed by atoms with Crippen LogP contribution < -0.4 is 5.32 Å². The lowest BCUT2D eigenvalue weighted by atomic mass is 10.5. The number of ether oxygens (including phenoxy) is 1. The minimum Gasteiger partial charge on any atom is -0.374 e. The SMILES string of the molecule is CCOCc1nc(Cl)cc(NCCS(=O)(=O)N(C)C)n1. The Hall–Kier alpha value is -0.960. The highest BCUT2D eigenvalue weighted by Crippen LogP contribution is 2.12. The van der Waals surface area contributed by atoms with Crippen molar-refractivity contribution in [1.29, 1.82) is 0 Å². The van der Waals surface area contributed by atoms with Crippen molar-refractivity contribution in [2.45, 2.75) is 13.5 Å². The fourth-order valence-electron chi connectivity index (χ4n) is 1.30. The number of aromatic nitrogens is 2. The van der Waals surface area contributed by atoms with Gasteiger partial charge in [0.2, 0.25) is 10.0 Å². The van der Waals surface area contributed by atoms with Crippen molar-refractivity contribution in [3.8, 4) is 0 Å². The van der Waals surface area contributed by atoms with Crippen molar-refractivity contribution in [3.05, 3.63) is 17.0 Å². The molecule has 0 bridgehead atoms. The van der Waals surface area contributed by atoms with E-state index in [2.05, 4.69) is 15.3 Å². The van der Waals surface area contributed by atoms with Crippen LogP contribution in [0.1, 0.15) is 12.7 Å². The van der Waals surface area contributed by atoms with Gasteiger partial charge in [0.15, 0.2) is 5.82 Å². The lowest BCUT2D eigenvalue weighted by Crippen LogP contribution is -2.28. The van der Waals surface area contributed by atoms with Gasteiger partial charge in [0, 0.05) is 33.3 Å². The molecule has 0 aliphatic carbocycles. The number of hydrogen-bond acceptors (Lipinski definition) is 6. The molecule has 0 aliphatic heterocycles. The minimum atomic E-state index is -3.23. The highest BCUT2D eigenvalue weighted by molar-refractivity contribution is 7.89. The maximum Gasteiger partial charge on any atom is 0.215 e. The molecule has 0 fully saturated rings. The normalized spacial score (nSPS) is 11.8. The van der Waals surface area contributed by atoms with E-state index in [0.29, 0.717) is 18.2 Å². The number of halogens is 1. The van der Waals surface area contributed by atoms with Gasteiger partial charge in [0.1, 0.15) is 17.6 Å². The lowest BCUT2D eigenvalue weighted by Gasteiger charge is -2.12. The Morgan fingerprint density at radius 2 is 2.10 bits per heavy atom. The van der Waals surface area contributed by atoms with Gasteiger partial charge < -0.3 is 10.1 Å². The molecule has 20 heavy (non-hydrogen) atoms. The molecule has 0 amide bonds. The van der Waals surface area contributed by atoms with Gasteiger partial charge in [0.25, 0.3) is 0 Å². The predicted octanol–water partition coefficient (Wildman–Crippen LogP) is 0.970. The first-order chi connectivity index (χ1) is 9.35. The van der Waals surface area contributed by atoms with Crippen LogP contribution >= 0.6 is 11.6 Å². The van der Waals surface area contributed by atoms with Crippen LogP contribution in [-0.2, 0) is 21.4 Å². The van der Waals surface area contributed by atoms with E-state index in [1.165, 1.54) is 18.4 Å². The van der Waals surface area contributed by atoms with Gasteiger partial charge in [-0.3, -0.25) is 0 Å². The first-order valence-electron chi connectivity index (χ1n) is 6.10. The number of anilines is 1. The van der Waals surface area contributed by atoms with Crippen LogP contribution in [0.4, 0.5) is 5.82 Å². The van der Waals surface area contributed by atoms with Gasteiger partial charge in [0.05, 0.1) is 5.75 Å². The van der Waals surface area contributed by atoms with E-state index < -0.39 is 10.0 Å². The molecule has 0 spiro atoms. The average molecular weight is 323 g/mol. The molecular weight excluding hydrogens is 304 g/mol. The van der Waals surface area contributed by atoms with E-state index >= 15 is 0 Å². The molecule has 7 nitrogen and oxygen atoms in total. The van der Waals surface area contributed by atoms with Crippen molar-refractivity contribution < 1.29 is 13.2 Å². The van der Waals surface area contributed by atoms with E-state index in [-0.39, 0.29) is 24.1 Å². The van der Waals surface area contributed by atoms with Crippen molar-refractivity contribution in [2.75, 3.05) is 38.3 Å². The second-order valence-electron chi connectivity index (χ2n) is 4.15. The highest BCUT2D eigenvalue weighted by Gasteiger charge is 2.13. The molecule has 1 aromatic heterocycles. The topological polar surface area (TPSA) is 84.4 Å². The summed E-state index contributed by atoms with van der Waals surface area (Å²) in [6.45, 7) is 2.93. The third kappa shape index (κ3) is 5.58. The number of nitrogens with zero attached hydrogens (tertiary/aromatic N) is 3. The average Bonchev–Trinajstić information content (AvgIpc) is 2.35. The third-order valence-corrected chi connectivity index (χ3v) is 4.43. The fourth-order valence-corrected chi connectivity index (χ4v) is 2.23. The van der Waals surface area contributed by atoms with E-state index in [1.54, 1.807) is 6.07 Å². The van der Waals surface area contributed by atoms with Crippen LogP contribution in [-0.4, -0.2) is 55.7 Å². The Morgan fingerprint density at radius 3 is 2.70 bits per heavy atom. The molecule has 0 saturated carbocycles. The molecular formula is C11H19ClN4O3S. The maximum absolute atomic E-state index is 11.6. The van der Waals surface area contributed by atoms with Crippen LogP contribution in [0, 0.1) is 0 Å². The Bertz CT molecular complexity index is 536. The molecule has 0 saturated heterocycles. The summed E-state index contributed by atoms with van der Waals surface area (Å²) in [5, 5.41) is 3.20. The Morgan fingerprint density at radius 1 is 1.40 bits per heavy atom. The Balaban J connectivity index is 2.62. The number of sulfonamides is 1. The number of rotatable bonds is 8.